The normalized spacial score (nSPS) is 20.2. The third kappa shape index (κ3) is 1.83. The molecule has 3 rings (SSSR count). The molecule has 4 heteroatoms. The summed E-state index contributed by atoms with van der Waals surface area (Å²) in [5, 5.41) is 2.77. The van der Waals surface area contributed by atoms with Crippen LogP contribution in [0.5, 0.6) is 0 Å². The molecule has 1 spiro atoms. The molecular formula is C13H17NO3. The molecule has 1 amide bonds. The molecule has 92 valence electrons. The molecule has 1 aromatic carbocycles. The molecule has 1 N–H and O–H groups in total. The molecule has 2 aliphatic heterocycles. The van der Waals surface area contributed by atoms with Gasteiger partial charge < -0.3 is 14.8 Å². The zero-order valence-electron chi connectivity index (χ0n) is 10.2. The van der Waals surface area contributed by atoms with Gasteiger partial charge in [0.15, 0.2) is 0 Å². The summed E-state index contributed by atoms with van der Waals surface area (Å²) in [6.45, 7) is 5.11. The molecule has 0 unspecified atom stereocenters. The molecule has 1 saturated heterocycles. The zero-order valence-corrected chi connectivity index (χ0v) is 10.2. The van der Waals surface area contributed by atoms with Gasteiger partial charge in [-0.05, 0) is 12.5 Å². The Bertz CT molecular complexity index is 411. The van der Waals surface area contributed by atoms with Crippen molar-refractivity contribution in [3.05, 3.63) is 29.8 Å². The molecular weight excluding hydrogens is 218 g/mol. The van der Waals surface area contributed by atoms with Crippen molar-refractivity contribution in [1.82, 2.24) is 0 Å². The SMILES string of the molecule is CC.O=C1Nc2ccccc2C12OCCCO2. The van der Waals surface area contributed by atoms with E-state index in [2.05, 4.69) is 5.32 Å². The summed E-state index contributed by atoms with van der Waals surface area (Å²) in [7, 11) is 0. The molecule has 2 heterocycles. The van der Waals surface area contributed by atoms with Crippen molar-refractivity contribution >= 4 is 11.6 Å². The number of carbonyl (C=O) groups excluding carboxylic acids is 1. The molecule has 17 heavy (non-hydrogen) atoms. The van der Waals surface area contributed by atoms with E-state index in [0.29, 0.717) is 13.2 Å². The van der Waals surface area contributed by atoms with E-state index in [-0.39, 0.29) is 5.91 Å². The summed E-state index contributed by atoms with van der Waals surface area (Å²) >= 11 is 0. The van der Waals surface area contributed by atoms with Crippen LogP contribution in [0.2, 0.25) is 0 Å². The van der Waals surface area contributed by atoms with Crippen LogP contribution < -0.4 is 5.32 Å². The molecule has 0 atom stereocenters. The summed E-state index contributed by atoms with van der Waals surface area (Å²) in [5.74, 6) is -1.40. The van der Waals surface area contributed by atoms with E-state index in [1.54, 1.807) is 0 Å². The fourth-order valence-electron chi connectivity index (χ4n) is 2.03. The van der Waals surface area contributed by atoms with Gasteiger partial charge in [0.1, 0.15) is 0 Å². The second-order valence-electron chi connectivity index (χ2n) is 3.67. The van der Waals surface area contributed by atoms with E-state index in [4.69, 9.17) is 9.47 Å². The molecule has 0 aliphatic carbocycles. The Morgan fingerprint density at radius 2 is 1.82 bits per heavy atom. The first-order chi connectivity index (χ1) is 8.33. The van der Waals surface area contributed by atoms with Crippen LogP contribution in [-0.2, 0) is 20.1 Å². The number of hydrogen-bond donors (Lipinski definition) is 1. The van der Waals surface area contributed by atoms with Gasteiger partial charge in [-0.2, -0.15) is 0 Å². The fraction of sp³-hybridized carbons (Fsp3) is 0.462. The van der Waals surface area contributed by atoms with Crippen molar-refractivity contribution in [2.75, 3.05) is 18.5 Å². The number of ether oxygens (including phenoxy) is 2. The summed E-state index contributed by atoms with van der Waals surface area (Å²) in [6.07, 6.45) is 0.831. The average Bonchev–Trinajstić information content (AvgIpc) is 2.67. The maximum absolute atomic E-state index is 11.8. The summed E-state index contributed by atoms with van der Waals surface area (Å²) in [4.78, 5) is 11.8. The Kier molecular flexibility index (Phi) is 3.45. The molecule has 0 saturated carbocycles. The minimum atomic E-state index is -1.19. The third-order valence-electron chi connectivity index (χ3n) is 2.73. The predicted molar refractivity (Wildman–Crippen MR) is 64.6 cm³/mol. The van der Waals surface area contributed by atoms with Gasteiger partial charge in [-0.15, -0.1) is 0 Å². The van der Waals surface area contributed by atoms with Crippen LogP contribution >= 0.6 is 0 Å². The van der Waals surface area contributed by atoms with Crippen LogP contribution in [-0.4, -0.2) is 19.1 Å². The number of nitrogens with one attached hydrogen (secondary N) is 1. The van der Waals surface area contributed by atoms with E-state index in [0.717, 1.165) is 17.7 Å². The van der Waals surface area contributed by atoms with Crippen molar-refractivity contribution in [3.63, 3.8) is 0 Å². The zero-order chi connectivity index (χ0) is 12.3. The number of para-hydroxylation sites is 1. The minimum Gasteiger partial charge on any atom is -0.338 e. The maximum atomic E-state index is 11.8. The minimum absolute atomic E-state index is 0.219. The first-order valence-corrected chi connectivity index (χ1v) is 6.02. The van der Waals surface area contributed by atoms with Crippen molar-refractivity contribution in [1.29, 1.82) is 0 Å². The largest absolute Gasteiger partial charge is 0.338 e. The third-order valence-corrected chi connectivity index (χ3v) is 2.73. The van der Waals surface area contributed by atoms with E-state index in [1.807, 2.05) is 38.1 Å². The quantitative estimate of drug-likeness (QED) is 0.750. The first-order valence-electron chi connectivity index (χ1n) is 6.02. The molecule has 1 aromatic rings. The smallest absolute Gasteiger partial charge is 0.289 e. The van der Waals surface area contributed by atoms with Gasteiger partial charge >= 0.3 is 0 Å². The highest BCUT2D eigenvalue weighted by molar-refractivity contribution is 6.04. The summed E-state index contributed by atoms with van der Waals surface area (Å²) < 4.78 is 11.1. The lowest BCUT2D eigenvalue weighted by Crippen LogP contribution is -2.43. The second-order valence-corrected chi connectivity index (χ2v) is 3.67. The highest BCUT2D eigenvalue weighted by Crippen LogP contribution is 2.41. The lowest BCUT2D eigenvalue weighted by atomic mass is 10.1. The van der Waals surface area contributed by atoms with Gasteiger partial charge in [0, 0.05) is 5.56 Å². The Labute approximate surface area is 101 Å². The Morgan fingerprint density at radius 1 is 1.18 bits per heavy atom. The molecule has 0 radical (unpaired) electrons. The van der Waals surface area contributed by atoms with Gasteiger partial charge in [0.25, 0.3) is 11.7 Å². The van der Waals surface area contributed by atoms with Crippen LogP contribution in [0.3, 0.4) is 0 Å². The molecule has 4 nitrogen and oxygen atoms in total. The van der Waals surface area contributed by atoms with Crippen molar-refractivity contribution in [2.45, 2.75) is 26.1 Å². The standard InChI is InChI=1S/C11H11NO3.C2H6/c13-10-11(14-6-3-7-15-11)8-4-1-2-5-9(8)12-10;1-2/h1-2,4-5H,3,6-7H2,(H,12,13);1-2H3. The van der Waals surface area contributed by atoms with Gasteiger partial charge in [0.2, 0.25) is 0 Å². The monoisotopic (exact) mass is 235 g/mol. The van der Waals surface area contributed by atoms with E-state index >= 15 is 0 Å². The van der Waals surface area contributed by atoms with Crippen LogP contribution in [0.1, 0.15) is 25.8 Å². The fourth-order valence-corrected chi connectivity index (χ4v) is 2.03. The average molecular weight is 235 g/mol. The van der Waals surface area contributed by atoms with Gasteiger partial charge in [-0.1, -0.05) is 32.0 Å². The van der Waals surface area contributed by atoms with Crippen LogP contribution in [0.25, 0.3) is 0 Å². The predicted octanol–water partition coefficient (Wildman–Crippen LogP) is 2.25. The van der Waals surface area contributed by atoms with Gasteiger partial charge in [-0.3, -0.25) is 4.79 Å². The van der Waals surface area contributed by atoms with Crippen molar-refractivity contribution in [2.24, 2.45) is 0 Å². The summed E-state index contributed by atoms with van der Waals surface area (Å²) in [5.41, 5.74) is 1.57. The number of anilines is 1. The number of carbonyl (C=O) groups is 1. The van der Waals surface area contributed by atoms with Crippen LogP contribution in [0.15, 0.2) is 24.3 Å². The number of rotatable bonds is 0. The van der Waals surface area contributed by atoms with Crippen LogP contribution in [0.4, 0.5) is 5.69 Å². The number of amides is 1. The Balaban J connectivity index is 0.000000514. The lowest BCUT2D eigenvalue weighted by molar-refractivity contribution is -0.255. The topological polar surface area (TPSA) is 47.6 Å². The number of hydrogen-bond acceptors (Lipinski definition) is 3. The van der Waals surface area contributed by atoms with Gasteiger partial charge in [0.05, 0.1) is 18.9 Å². The first kappa shape index (κ1) is 12.1. The highest BCUT2D eigenvalue weighted by atomic mass is 16.7. The highest BCUT2D eigenvalue weighted by Gasteiger charge is 2.50. The van der Waals surface area contributed by atoms with E-state index < -0.39 is 5.79 Å². The van der Waals surface area contributed by atoms with E-state index in [1.165, 1.54) is 0 Å². The molecule has 2 aliphatic rings. The summed E-state index contributed by atoms with van der Waals surface area (Å²) in [6, 6.07) is 7.46. The molecule has 1 fully saturated rings. The number of benzene rings is 1. The van der Waals surface area contributed by atoms with Crippen molar-refractivity contribution < 1.29 is 14.3 Å². The Morgan fingerprint density at radius 3 is 2.53 bits per heavy atom. The lowest BCUT2D eigenvalue weighted by Gasteiger charge is -2.31. The molecule has 0 bridgehead atoms. The van der Waals surface area contributed by atoms with Crippen molar-refractivity contribution in [3.8, 4) is 0 Å². The van der Waals surface area contributed by atoms with Gasteiger partial charge in [-0.25, -0.2) is 0 Å². The second kappa shape index (κ2) is 4.85. The molecule has 0 aromatic heterocycles. The van der Waals surface area contributed by atoms with Crippen LogP contribution in [0, 0.1) is 0 Å². The maximum Gasteiger partial charge on any atom is 0.289 e. The number of fused-ring (bicyclic) bond motifs is 2. The Hall–Kier alpha value is -1.39. The van der Waals surface area contributed by atoms with E-state index in [9.17, 15) is 4.79 Å².